The number of hydrogen-bond acceptors (Lipinski definition) is 3. The fourth-order valence-electron chi connectivity index (χ4n) is 11.8. The molecule has 0 bridgehead atoms. The Bertz CT molecular complexity index is 1550. The minimum absolute atomic E-state index is 0.0264. The van der Waals surface area contributed by atoms with E-state index in [1.807, 2.05) is 60.7 Å². The molecular formula is C43H54O3. The van der Waals surface area contributed by atoms with Gasteiger partial charge >= 0.3 is 5.97 Å². The molecule has 3 nitrogen and oxygen atoms in total. The first-order valence-corrected chi connectivity index (χ1v) is 17.9. The molecule has 0 unspecified atom stereocenters. The highest BCUT2D eigenvalue weighted by atomic mass is 16.5. The largest absolute Gasteiger partial charge is 0.452 e. The van der Waals surface area contributed by atoms with E-state index in [4.69, 9.17) is 4.74 Å². The van der Waals surface area contributed by atoms with Crippen molar-refractivity contribution in [1.29, 1.82) is 0 Å². The highest BCUT2D eigenvalue weighted by Crippen LogP contribution is 2.74. The molecule has 244 valence electrons. The third kappa shape index (κ3) is 4.50. The number of carbonyl (C=O) groups is 2. The van der Waals surface area contributed by atoms with Gasteiger partial charge in [-0.05, 0) is 114 Å². The van der Waals surface area contributed by atoms with Crippen molar-refractivity contribution in [2.75, 3.05) is 0 Å². The molecule has 0 heterocycles. The predicted octanol–water partition coefficient (Wildman–Crippen LogP) is 10.5. The summed E-state index contributed by atoms with van der Waals surface area (Å²) < 4.78 is 6.53. The molecule has 7 rings (SSSR count). The standard InChI is InChI=1S/C43H54O3/c1-38(2)20-14-21-41(5)34(38)19-22-43(7)36(41)33(44)27-31-32-28-40(4,24-23-39(32,3)25-26-42(31,43)6)37(45)46-35(29-15-10-8-11-16-29)30-17-12-9-13-18-30/h8-18,20,27,32,34-36H,19,21-26,28H2,1-7H3/t32-,34-,36+,39+,40-,41-,42+,43+/m0/s1. The van der Waals surface area contributed by atoms with E-state index in [1.165, 1.54) is 12.0 Å². The lowest BCUT2D eigenvalue weighted by molar-refractivity contribution is -0.176. The molecular weight excluding hydrogens is 564 g/mol. The monoisotopic (exact) mass is 618 g/mol. The molecule has 2 aromatic rings. The zero-order valence-corrected chi connectivity index (χ0v) is 29.2. The zero-order valence-electron chi connectivity index (χ0n) is 29.2. The summed E-state index contributed by atoms with van der Waals surface area (Å²) in [5.74, 6) is 0.962. The summed E-state index contributed by atoms with van der Waals surface area (Å²) in [5, 5.41) is 0. The van der Waals surface area contributed by atoms with E-state index in [-0.39, 0.29) is 44.9 Å². The number of rotatable bonds is 4. The number of carbonyl (C=O) groups excluding carboxylic acids is 2. The van der Waals surface area contributed by atoms with Gasteiger partial charge in [0, 0.05) is 5.92 Å². The minimum Gasteiger partial charge on any atom is -0.452 e. The summed E-state index contributed by atoms with van der Waals surface area (Å²) in [7, 11) is 0. The van der Waals surface area contributed by atoms with Gasteiger partial charge in [-0.1, -0.05) is 120 Å². The highest BCUT2D eigenvalue weighted by Gasteiger charge is 2.69. The van der Waals surface area contributed by atoms with Gasteiger partial charge < -0.3 is 4.74 Å². The molecule has 0 N–H and O–H groups in total. The van der Waals surface area contributed by atoms with E-state index < -0.39 is 11.5 Å². The number of ketones is 1. The van der Waals surface area contributed by atoms with E-state index in [0.717, 1.165) is 56.1 Å². The van der Waals surface area contributed by atoms with Crippen molar-refractivity contribution in [3.05, 3.63) is 95.6 Å². The van der Waals surface area contributed by atoms with E-state index >= 15 is 0 Å². The first-order valence-electron chi connectivity index (χ1n) is 17.9. The molecule has 0 amide bonds. The maximum atomic E-state index is 14.6. The third-order valence-corrected chi connectivity index (χ3v) is 14.8. The van der Waals surface area contributed by atoms with Gasteiger partial charge in [-0.3, -0.25) is 9.59 Å². The van der Waals surface area contributed by atoms with Gasteiger partial charge in [-0.25, -0.2) is 0 Å². The van der Waals surface area contributed by atoms with Crippen LogP contribution in [0.1, 0.15) is 117 Å². The van der Waals surface area contributed by atoms with Crippen LogP contribution >= 0.6 is 0 Å². The average molecular weight is 619 g/mol. The average Bonchev–Trinajstić information content (AvgIpc) is 3.02. The Labute approximate surface area is 277 Å². The van der Waals surface area contributed by atoms with E-state index in [0.29, 0.717) is 11.7 Å². The third-order valence-electron chi connectivity index (χ3n) is 14.8. The van der Waals surface area contributed by atoms with E-state index in [2.05, 4.69) is 66.7 Å². The van der Waals surface area contributed by atoms with Crippen LogP contribution in [0.2, 0.25) is 0 Å². The second kappa shape index (κ2) is 10.5. The Morgan fingerprint density at radius 2 is 1.41 bits per heavy atom. The summed E-state index contributed by atoms with van der Waals surface area (Å²) in [5.41, 5.74) is 2.70. The van der Waals surface area contributed by atoms with Gasteiger partial charge in [0.25, 0.3) is 0 Å². The maximum absolute atomic E-state index is 14.6. The molecule has 46 heavy (non-hydrogen) atoms. The molecule has 5 aliphatic rings. The summed E-state index contributed by atoms with van der Waals surface area (Å²) in [6.45, 7) is 16.7. The molecule has 8 atom stereocenters. The van der Waals surface area contributed by atoms with Crippen LogP contribution in [0, 0.1) is 50.2 Å². The second-order valence-electron chi connectivity index (χ2n) is 17.8. The van der Waals surface area contributed by atoms with Crippen LogP contribution in [-0.4, -0.2) is 11.8 Å². The Balaban J connectivity index is 1.23. The molecule has 3 saturated carbocycles. The predicted molar refractivity (Wildman–Crippen MR) is 185 cm³/mol. The van der Waals surface area contributed by atoms with Gasteiger partial charge in [0.1, 0.15) is 0 Å². The van der Waals surface area contributed by atoms with Crippen LogP contribution in [0.3, 0.4) is 0 Å². The number of benzene rings is 2. The van der Waals surface area contributed by atoms with Gasteiger partial charge in [0.2, 0.25) is 0 Å². The second-order valence-corrected chi connectivity index (χ2v) is 17.8. The summed E-state index contributed by atoms with van der Waals surface area (Å²) >= 11 is 0. The molecule has 0 aromatic heterocycles. The Morgan fingerprint density at radius 1 is 0.804 bits per heavy atom. The fourth-order valence-corrected chi connectivity index (χ4v) is 11.8. The Hall–Kier alpha value is -2.94. The summed E-state index contributed by atoms with van der Waals surface area (Å²) in [4.78, 5) is 29.0. The quantitative estimate of drug-likeness (QED) is 0.253. The first kappa shape index (κ1) is 31.6. The van der Waals surface area contributed by atoms with Gasteiger partial charge in [-0.2, -0.15) is 0 Å². The SMILES string of the molecule is CC1(C)C=CC[C@]2(C)[C@H]3C(=O)C=C4[C@@H]5C[C@@](C)(C(=O)OC(c6ccccc6)c6ccccc6)CC[C@]5(C)CC[C@@]4(C)[C@]3(C)CC[C@@H]12. The van der Waals surface area contributed by atoms with Crippen molar-refractivity contribution in [3.8, 4) is 0 Å². The Morgan fingerprint density at radius 3 is 2.04 bits per heavy atom. The lowest BCUT2D eigenvalue weighted by Crippen LogP contribution is -2.65. The Kier molecular flexibility index (Phi) is 7.25. The number of fused-ring (bicyclic) bond motifs is 7. The van der Waals surface area contributed by atoms with E-state index in [9.17, 15) is 9.59 Å². The van der Waals surface area contributed by atoms with Crippen LogP contribution in [-0.2, 0) is 14.3 Å². The lowest BCUT2D eigenvalue weighted by Gasteiger charge is -2.69. The molecule has 0 radical (unpaired) electrons. The maximum Gasteiger partial charge on any atom is 0.312 e. The van der Waals surface area contributed by atoms with Crippen molar-refractivity contribution in [2.24, 2.45) is 50.2 Å². The summed E-state index contributed by atoms with van der Waals surface area (Å²) in [6.07, 6.45) is 14.5. The van der Waals surface area contributed by atoms with Crippen LogP contribution in [0.15, 0.2) is 84.5 Å². The van der Waals surface area contributed by atoms with Gasteiger partial charge in [-0.15, -0.1) is 0 Å². The van der Waals surface area contributed by atoms with Crippen molar-refractivity contribution in [1.82, 2.24) is 0 Å². The van der Waals surface area contributed by atoms with Crippen LogP contribution in [0.4, 0.5) is 0 Å². The van der Waals surface area contributed by atoms with E-state index in [1.54, 1.807) is 0 Å². The molecule has 5 aliphatic carbocycles. The molecule has 2 aromatic carbocycles. The zero-order chi connectivity index (χ0) is 32.8. The first-order chi connectivity index (χ1) is 21.7. The van der Waals surface area contributed by atoms with Crippen LogP contribution in [0.5, 0.6) is 0 Å². The number of esters is 1. The lowest BCUT2D eigenvalue weighted by atomic mass is 9.34. The smallest absolute Gasteiger partial charge is 0.312 e. The topological polar surface area (TPSA) is 43.4 Å². The summed E-state index contributed by atoms with van der Waals surface area (Å²) in [6, 6.07) is 20.2. The van der Waals surface area contributed by atoms with Gasteiger partial charge in [0.15, 0.2) is 11.9 Å². The van der Waals surface area contributed by atoms with Crippen molar-refractivity contribution in [3.63, 3.8) is 0 Å². The number of allylic oxidation sites excluding steroid dienone is 4. The van der Waals surface area contributed by atoms with Crippen molar-refractivity contribution in [2.45, 2.75) is 106 Å². The molecule has 0 spiro atoms. The molecule has 0 aliphatic heterocycles. The van der Waals surface area contributed by atoms with Crippen LogP contribution < -0.4 is 0 Å². The minimum atomic E-state index is -0.617. The number of hydrogen-bond donors (Lipinski definition) is 0. The van der Waals surface area contributed by atoms with Crippen molar-refractivity contribution < 1.29 is 14.3 Å². The molecule has 3 heteroatoms. The fraction of sp³-hybridized carbons (Fsp3) is 0.581. The van der Waals surface area contributed by atoms with Gasteiger partial charge in [0.05, 0.1) is 5.41 Å². The highest BCUT2D eigenvalue weighted by molar-refractivity contribution is 5.95. The number of ether oxygens (including phenoxy) is 1. The van der Waals surface area contributed by atoms with Crippen molar-refractivity contribution >= 4 is 11.8 Å². The normalized spacial score (nSPS) is 41.0. The van der Waals surface area contributed by atoms with Crippen LogP contribution in [0.25, 0.3) is 0 Å². The molecule has 3 fully saturated rings. The molecule has 0 saturated heterocycles.